The molecule has 0 spiro atoms. The topological polar surface area (TPSA) is 50.3 Å². The van der Waals surface area contributed by atoms with Gasteiger partial charge < -0.3 is 9.82 Å². The summed E-state index contributed by atoms with van der Waals surface area (Å²) >= 11 is 0. The Morgan fingerprint density at radius 3 is 2.85 bits per heavy atom. The zero-order chi connectivity index (χ0) is 13.4. The summed E-state index contributed by atoms with van der Waals surface area (Å²) in [5.41, 5.74) is 4.34. The van der Waals surface area contributed by atoms with Gasteiger partial charge in [-0.3, -0.25) is 4.98 Å². The van der Waals surface area contributed by atoms with Gasteiger partial charge in [-0.25, -0.2) is 0 Å². The van der Waals surface area contributed by atoms with Gasteiger partial charge in [-0.15, -0.1) is 0 Å². The molecule has 20 heavy (non-hydrogen) atoms. The lowest BCUT2D eigenvalue weighted by molar-refractivity contribution is 0.0868. The van der Waals surface area contributed by atoms with Gasteiger partial charge in [0, 0.05) is 47.0 Å². The zero-order valence-corrected chi connectivity index (χ0v) is 10.8. The summed E-state index contributed by atoms with van der Waals surface area (Å²) in [5, 5.41) is 5.42. The Morgan fingerprint density at radius 1 is 1.10 bits per heavy atom. The van der Waals surface area contributed by atoms with E-state index in [0.29, 0.717) is 0 Å². The Morgan fingerprint density at radius 2 is 1.95 bits per heavy atom. The SMILES string of the molecule is c1ccc2c(C3CC(c4ccncc4)=NO3)c[nH]c2c1. The molecule has 98 valence electrons. The smallest absolute Gasteiger partial charge is 0.160 e. The van der Waals surface area contributed by atoms with Crippen LogP contribution in [0.25, 0.3) is 10.9 Å². The second kappa shape index (κ2) is 4.49. The highest BCUT2D eigenvalue weighted by Gasteiger charge is 2.25. The van der Waals surface area contributed by atoms with Crippen LogP contribution in [0.5, 0.6) is 0 Å². The van der Waals surface area contributed by atoms with Crippen LogP contribution >= 0.6 is 0 Å². The maximum absolute atomic E-state index is 5.62. The third-order valence-corrected chi connectivity index (χ3v) is 3.65. The Kier molecular flexibility index (Phi) is 2.52. The van der Waals surface area contributed by atoms with Crippen LogP contribution in [0.1, 0.15) is 23.7 Å². The fourth-order valence-electron chi connectivity index (χ4n) is 2.62. The number of benzene rings is 1. The molecular formula is C16H13N3O. The van der Waals surface area contributed by atoms with Crippen LogP contribution in [0.15, 0.2) is 60.1 Å². The van der Waals surface area contributed by atoms with E-state index in [0.717, 1.165) is 28.8 Å². The largest absolute Gasteiger partial charge is 0.387 e. The molecule has 0 saturated heterocycles. The predicted molar refractivity (Wildman–Crippen MR) is 77.5 cm³/mol. The summed E-state index contributed by atoms with van der Waals surface area (Å²) in [7, 11) is 0. The van der Waals surface area contributed by atoms with Gasteiger partial charge in [0.15, 0.2) is 6.10 Å². The number of aromatic nitrogens is 2. The third-order valence-electron chi connectivity index (χ3n) is 3.65. The fraction of sp³-hybridized carbons (Fsp3) is 0.125. The van der Waals surface area contributed by atoms with E-state index in [2.05, 4.69) is 27.3 Å². The molecule has 1 aromatic carbocycles. The number of hydrogen-bond acceptors (Lipinski definition) is 3. The van der Waals surface area contributed by atoms with Crippen molar-refractivity contribution >= 4 is 16.6 Å². The maximum Gasteiger partial charge on any atom is 0.160 e. The van der Waals surface area contributed by atoms with Crippen LogP contribution in [-0.2, 0) is 4.84 Å². The van der Waals surface area contributed by atoms with Gasteiger partial charge in [0.1, 0.15) is 0 Å². The van der Waals surface area contributed by atoms with E-state index < -0.39 is 0 Å². The Hall–Kier alpha value is -2.62. The molecule has 0 radical (unpaired) electrons. The van der Waals surface area contributed by atoms with E-state index >= 15 is 0 Å². The molecule has 0 fully saturated rings. The molecular weight excluding hydrogens is 250 g/mol. The van der Waals surface area contributed by atoms with Crippen molar-refractivity contribution in [2.75, 3.05) is 0 Å². The van der Waals surface area contributed by atoms with Gasteiger partial charge >= 0.3 is 0 Å². The Balaban J connectivity index is 1.64. The summed E-state index contributed by atoms with van der Waals surface area (Å²) in [6.45, 7) is 0. The third kappa shape index (κ3) is 1.77. The molecule has 1 atom stereocenters. The molecule has 1 unspecified atom stereocenters. The molecule has 3 heterocycles. The van der Waals surface area contributed by atoms with E-state index in [9.17, 15) is 0 Å². The first-order chi connectivity index (χ1) is 9.92. The Bertz CT molecular complexity index is 777. The zero-order valence-electron chi connectivity index (χ0n) is 10.8. The normalized spacial score (nSPS) is 18.0. The number of pyridine rings is 1. The molecule has 0 bridgehead atoms. The summed E-state index contributed by atoms with van der Waals surface area (Å²) < 4.78 is 0. The van der Waals surface area contributed by atoms with Crippen molar-refractivity contribution in [3.63, 3.8) is 0 Å². The molecule has 1 aliphatic heterocycles. The molecule has 4 heteroatoms. The summed E-state index contributed by atoms with van der Waals surface area (Å²) in [6.07, 6.45) is 6.33. The first-order valence-corrected chi connectivity index (χ1v) is 6.61. The van der Waals surface area contributed by atoms with Crippen LogP contribution in [0.2, 0.25) is 0 Å². The van der Waals surface area contributed by atoms with Crippen molar-refractivity contribution in [2.24, 2.45) is 5.16 Å². The lowest BCUT2D eigenvalue weighted by Gasteiger charge is -2.06. The summed E-state index contributed by atoms with van der Waals surface area (Å²) in [4.78, 5) is 12.9. The molecule has 0 aliphatic carbocycles. The standard InChI is InChI=1S/C16H13N3O/c1-2-4-14-12(3-1)13(10-18-14)16-9-15(19-20-16)11-5-7-17-8-6-11/h1-8,10,16,18H,9H2. The Labute approximate surface area is 116 Å². The molecule has 2 aromatic heterocycles. The minimum absolute atomic E-state index is 0.0192. The van der Waals surface area contributed by atoms with Crippen molar-refractivity contribution < 1.29 is 4.84 Å². The summed E-state index contributed by atoms with van der Waals surface area (Å²) in [5.74, 6) is 0. The highest BCUT2D eigenvalue weighted by atomic mass is 16.6. The average molecular weight is 263 g/mol. The van der Waals surface area contributed by atoms with Crippen LogP contribution in [-0.4, -0.2) is 15.7 Å². The van der Waals surface area contributed by atoms with Gasteiger partial charge in [0.25, 0.3) is 0 Å². The number of para-hydroxylation sites is 1. The lowest BCUT2D eigenvalue weighted by atomic mass is 10.0. The number of H-pyrrole nitrogens is 1. The monoisotopic (exact) mass is 263 g/mol. The van der Waals surface area contributed by atoms with E-state index in [4.69, 9.17) is 4.84 Å². The van der Waals surface area contributed by atoms with Crippen molar-refractivity contribution in [2.45, 2.75) is 12.5 Å². The number of rotatable bonds is 2. The molecule has 3 aromatic rings. The molecule has 1 aliphatic rings. The van der Waals surface area contributed by atoms with Gasteiger partial charge in [-0.2, -0.15) is 0 Å². The minimum Gasteiger partial charge on any atom is -0.387 e. The van der Waals surface area contributed by atoms with Crippen LogP contribution in [0.4, 0.5) is 0 Å². The van der Waals surface area contributed by atoms with Gasteiger partial charge in [-0.1, -0.05) is 23.4 Å². The van der Waals surface area contributed by atoms with Gasteiger partial charge in [0.2, 0.25) is 0 Å². The molecule has 1 N–H and O–H groups in total. The minimum atomic E-state index is -0.0192. The van der Waals surface area contributed by atoms with E-state index in [-0.39, 0.29) is 6.10 Å². The first kappa shape index (κ1) is 11.2. The van der Waals surface area contributed by atoms with Crippen molar-refractivity contribution in [1.82, 2.24) is 9.97 Å². The fourth-order valence-corrected chi connectivity index (χ4v) is 2.62. The average Bonchev–Trinajstić information content (AvgIpc) is 3.14. The van der Waals surface area contributed by atoms with Gasteiger partial charge in [0.05, 0.1) is 5.71 Å². The molecule has 4 nitrogen and oxygen atoms in total. The van der Waals surface area contributed by atoms with Crippen molar-refractivity contribution in [1.29, 1.82) is 0 Å². The second-order valence-electron chi connectivity index (χ2n) is 4.86. The lowest BCUT2D eigenvalue weighted by Crippen LogP contribution is -2.01. The van der Waals surface area contributed by atoms with Crippen molar-refractivity contribution in [3.8, 4) is 0 Å². The highest BCUT2D eigenvalue weighted by Crippen LogP contribution is 2.33. The van der Waals surface area contributed by atoms with Crippen LogP contribution in [0, 0.1) is 0 Å². The molecule has 0 saturated carbocycles. The molecule has 4 rings (SSSR count). The number of nitrogens with one attached hydrogen (secondary N) is 1. The van der Waals surface area contributed by atoms with E-state index in [1.165, 1.54) is 5.39 Å². The van der Waals surface area contributed by atoms with Crippen LogP contribution in [0.3, 0.4) is 0 Å². The van der Waals surface area contributed by atoms with Crippen LogP contribution < -0.4 is 0 Å². The van der Waals surface area contributed by atoms with Gasteiger partial charge in [-0.05, 0) is 18.2 Å². The van der Waals surface area contributed by atoms with Crippen molar-refractivity contribution in [3.05, 3.63) is 66.1 Å². The quantitative estimate of drug-likeness (QED) is 0.770. The molecule has 0 amide bonds. The second-order valence-corrected chi connectivity index (χ2v) is 4.86. The number of oxime groups is 1. The number of nitrogens with zero attached hydrogens (tertiary/aromatic N) is 2. The first-order valence-electron chi connectivity index (χ1n) is 6.61. The van der Waals surface area contributed by atoms with E-state index in [1.54, 1.807) is 12.4 Å². The summed E-state index contributed by atoms with van der Waals surface area (Å²) in [6, 6.07) is 12.2. The number of hydrogen-bond donors (Lipinski definition) is 1. The maximum atomic E-state index is 5.62. The van der Waals surface area contributed by atoms with E-state index in [1.807, 2.05) is 30.5 Å². The predicted octanol–water partition coefficient (Wildman–Crippen LogP) is 3.43. The highest BCUT2D eigenvalue weighted by molar-refractivity contribution is 6.01. The number of aromatic amines is 1. The number of fused-ring (bicyclic) bond motifs is 1.